The average Bonchev–Trinajstić information content (AvgIpc) is 3.19. The van der Waals surface area contributed by atoms with Gasteiger partial charge in [0.2, 0.25) is 11.8 Å². The molecule has 2 bridgehead atoms. The molecule has 1 heterocycles. The summed E-state index contributed by atoms with van der Waals surface area (Å²) in [4.78, 5) is 38.1. The van der Waals surface area contributed by atoms with Crippen LogP contribution in [0.1, 0.15) is 20.3 Å². The number of rotatable bonds is 3. The van der Waals surface area contributed by atoms with Crippen molar-refractivity contribution in [3.63, 3.8) is 0 Å². The Morgan fingerprint density at radius 2 is 1.62 bits per heavy atom. The number of carboxylic acid groups (broad SMARTS) is 1. The minimum atomic E-state index is -1.09. The molecule has 4 aliphatic carbocycles. The Morgan fingerprint density at radius 1 is 1.14 bits per heavy atom. The van der Waals surface area contributed by atoms with Gasteiger partial charge in [0.05, 0.1) is 11.8 Å². The Balaban J connectivity index is 1.73. The topological polar surface area (TPSA) is 74.7 Å². The molecule has 0 aromatic heterocycles. The molecule has 0 radical (unpaired) electrons. The van der Waals surface area contributed by atoms with E-state index in [-0.39, 0.29) is 41.4 Å². The summed E-state index contributed by atoms with van der Waals surface area (Å²) in [6, 6.07) is -1.04. The number of carbonyl (C=O) groups is 3. The predicted molar refractivity (Wildman–Crippen MR) is 72.8 cm³/mol. The van der Waals surface area contributed by atoms with Gasteiger partial charge in [0.15, 0.2) is 0 Å². The van der Waals surface area contributed by atoms with Crippen molar-refractivity contribution in [2.24, 2.45) is 41.4 Å². The normalized spacial score (nSPS) is 44.0. The predicted octanol–water partition coefficient (Wildman–Crippen LogP) is 1.15. The van der Waals surface area contributed by atoms with Crippen molar-refractivity contribution in [3.05, 3.63) is 12.2 Å². The zero-order chi connectivity index (χ0) is 15.0. The summed E-state index contributed by atoms with van der Waals surface area (Å²) in [7, 11) is 0. The molecular formula is C16H19NO4. The van der Waals surface area contributed by atoms with Gasteiger partial charge in [-0.1, -0.05) is 26.0 Å². The van der Waals surface area contributed by atoms with Crippen molar-refractivity contribution in [2.45, 2.75) is 26.3 Å². The molecular weight excluding hydrogens is 270 g/mol. The van der Waals surface area contributed by atoms with Gasteiger partial charge in [-0.2, -0.15) is 0 Å². The fraction of sp³-hybridized carbons (Fsp3) is 0.688. The molecule has 3 fully saturated rings. The SMILES string of the molecule is CC(C)[C@@H](C(=O)O)N1C(=O)[C@H]2[C@@H]3C=C[C@H]([C@@H]4C[C@H]34)[C@@H]2C1=O. The van der Waals surface area contributed by atoms with E-state index in [9.17, 15) is 19.5 Å². The summed E-state index contributed by atoms with van der Waals surface area (Å²) >= 11 is 0. The lowest BCUT2D eigenvalue weighted by atomic mass is 9.63. The molecule has 5 aliphatic rings. The van der Waals surface area contributed by atoms with E-state index < -0.39 is 12.0 Å². The van der Waals surface area contributed by atoms with Crippen molar-refractivity contribution in [2.75, 3.05) is 0 Å². The van der Waals surface area contributed by atoms with Gasteiger partial charge in [-0.25, -0.2) is 4.79 Å². The van der Waals surface area contributed by atoms with Crippen LogP contribution in [0.2, 0.25) is 0 Å². The lowest BCUT2D eigenvalue weighted by Crippen LogP contribution is -2.48. The summed E-state index contributed by atoms with van der Waals surface area (Å²) in [5.74, 6) is -1.12. The fourth-order valence-electron chi connectivity index (χ4n) is 4.95. The summed E-state index contributed by atoms with van der Waals surface area (Å²) in [5, 5.41) is 9.42. The second-order valence-corrected chi connectivity index (χ2v) is 7.23. The Hall–Kier alpha value is -1.65. The van der Waals surface area contributed by atoms with Crippen LogP contribution in [0.25, 0.3) is 0 Å². The zero-order valence-electron chi connectivity index (χ0n) is 12.1. The Labute approximate surface area is 123 Å². The van der Waals surface area contributed by atoms with Crippen LogP contribution in [0.4, 0.5) is 0 Å². The number of allylic oxidation sites excluding steroid dienone is 2. The van der Waals surface area contributed by atoms with Crippen molar-refractivity contribution in [1.82, 2.24) is 4.90 Å². The van der Waals surface area contributed by atoms with Crippen molar-refractivity contribution < 1.29 is 19.5 Å². The van der Waals surface area contributed by atoms with Crippen LogP contribution in [-0.4, -0.2) is 33.8 Å². The van der Waals surface area contributed by atoms with Gasteiger partial charge in [0.1, 0.15) is 6.04 Å². The number of likely N-dealkylation sites (tertiary alicyclic amines) is 1. The van der Waals surface area contributed by atoms with E-state index in [1.807, 2.05) is 0 Å². The van der Waals surface area contributed by atoms with Crippen LogP contribution in [0.3, 0.4) is 0 Å². The van der Waals surface area contributed by atoms with Crippen LogP contribution in [0.5, 0.6) is 0 Å². The molecule has 0 spiro atoms. The summed E-state index contributed by atoms with van der Waals surface area (Å²) < 4.78 is 0. The van der Waals surface area contributed by atoms with Gasteiger partial charge in [0.25, 0.3) is 0 Å². The van der Waals surface area contributed by atoms with Crippen LogP contribution in [0, 0.1) is 41.4 Å². The smallest absolute Gasteiger partial charge is 0.327 e. The van der Waals surface area contributed by atoms with Crippen molar-refractivity contribution in [3.8, 4) is 0 Å². The summed E-state index contributed by atoms with van der Waals surface area (Å²) in [6.45, 7) is 3.48. The van der Waals surface area contributed by atoms with Gasteiger partial charge in [0, 0.05) is 0 Å². The molecule has 1 aliphatic heterocycles. The van der Waals surface area contributed by atoms with Crippen LogP contribution >= 0.6 is 0 Å². The number of hydrogen-bond acceptors (Lipinski definition) is 3. The van der Waals surface area contributed by atoms with Crippen LogP contribution in [0.15, 0.2) is 12.2 Å². The van der Waals surface area contributed by atoms with Crippen LogP contribution < -0.4 is 0 Å². The molecule has 0 unspecified atom stereocenters. The first-order valence-corrected chi connectivity index (χ1v) is 7.71. The molecule has 5 nitrogen and oxygen atoms in total. The number of carboxylic acids is 1. The van der Waals surface area contributed by atoms with E-state index in [4.69, 9.17) is 0 Å². The third-order valence-corrected chi connectivity index (χ3v) is 5.86. The fourth-order valence-corrected chi connectivity index (χ4v) is 4.95. The first kappa shape index (κ1) is 13.0. The average molecular weight is 289 g/mol. The molecule has 2 saturated carbocycles. The quantitative estimate of drug-likeness (QED) is 0.624. The maximum absolute atomic E-state index is 12.8. The standard InChI is InChI=1S/C16H19NO4/c1-6(2)13(16(20)21)17-14(18)11-7-3-4-8(10-5-9(7)10)12(11)15(17)19/h3-4,6-13H,5H2,1-2H3,(H,20,21)/t7-,8-,9-,10+,11+,12+,13+/m1/s1. The molecule has 0 aromatic rings. The number of amides is 2. The second-order valence-electron chi connectivity index (χ2n) is 7.23. The van der Waals surface area contributed by atoms with E-state index in [1.165, 1.54) is 0 Å². The Morgan fingerprint density at radius 3 is 2.00 bits per heavy atom. The first-order valence-electron chi connectivity index (χ1n) is 7.71. The number of aliphatic carboxylic acids is 1. The molecule has 1 saturated heterocycles. The maximum atomic E-state index is 12.8. The molecule has 0 aromatic carbocycles. The van der Waals surface area contributed by atoms with E-state index in [2.05, 4.69) is 12.2 Å². The highest BCUT2D eigenvalue weighted by atomic mass is 16.4. The molecule has 5 rings (SSSR count). The van der Waals surface area contributed by atoms with Gasteiger partial charge in [-0.15, -0.1) is 0 Å². The number of carbonyl (C=O) groups excluding carboxylic acids is 2. The molecule has 112 valence electrons. The third kappa shape index (κ3) is 1.49. The van der Waals surface area contributed by atoms with E-state index in [1.54, 1.807) is 13.8 Å². The highest BCUT2D eigenvalue weighted by Crippen LogP contribution is 2.65. The molecule has 2 amide bonds. The molecule has 7 atom stereocenters. The highest BCUT2D eigenvalue weighted by molar-refractivity contribution is 6.08. The van der Waals surface area contributed by atoms with Gasteiger partial charge in [-0.3, -0.25) is 14.5 Å². The van der Waals surface area contributed by atoms with E-state index >= 15 is 0 Å². The summed E-state index contributed by atoms with van der Waals surface area (Å²) in [6.07, 6.45) is 5.31. The molecule has 5 heteroatoms. The highest BCUT2D eigenvalue weighted by Gasteiger charge is 2.68. The van der Waals surface area contributed by atoms with E-state index in [0.717, 1.165) is 11.3 Å². The molecule has 1 N–H and O–H groups in total. The van der Waals surface area contributed by atoms with E-state index in [0.29, 0.717) is 11.8 Å². The lowest BCUT2D eigenvalue weighted by molar-refractivity contribution is -0.157. The lowest BCUT2D eigenvalue weighted by Gasteiger charge is -2.37. The van der Waals surface area contributed by atoms with Gasteiger partial charge in [-0.05, 0) is 36.0 Å². The second kappa shape index (κ2) is 3.96. The number of nitrogens with zero attached hydrogens (tertiary/aromatic N) is 1. The van der Waals surface area contributed by atoms with Crippen molar-refractivity contribution >= 4 is 17.8 Å². The third-order valence-electron chi connectivity index (χ3n) is 5.86. The van der Waals surface area contributed by atoms with Gasteiger partial charge < -0.3 is 5.11 Å². The van der Waals surface area contributed by atoms with Crippen molar-refractivity contribution in [1.29, 1.82) is 0 Å². The largest absolute Gasteiger partial charge is 0.480 e. The molecule has 21 heavy (non-hydrogen) atoms. The van der Waals surface area contributed by atoms with Gasteiger partial charge >= 0.3 is 5.97 Å². The minimum Gasteiger partial charge on any atom is -0.480 e. The number of hydrogen-bond donors (Lipinski definition) is 1. The maximum Gasteiger partial charge on any atom is 0.327 e. The summed E-state index contributed by atoms with van der Waals surface area (Å²) in [5.41, 5.74) is 0. The minimum absolute atomic E-state index is 0.146. The monoisotopic (exact) mass is 289 g/mol. The Bertz CT molecular complexity index is 545. The first-order chi connectivity index (χ1) is 9.93. The zero-order valence-corrected chi connectivity index (χ0v) is 12.1. The van der Waals surface area contributed by atoms with Crippen LogP contribution in [-0.2, 0) is 14.4 Å². The number of imide groups is 1. The Kier molecular flexibility index (Phi) is 2.46.